The SMILES string of the molecule is CCN1CC=C2C(C#N)=C(N)C(C#N)(C#N)C(c3ccc(C)s3)C2C1.CCO. The maximum atomic E-state index is 9.95. The monoisotopic (exact) mass is 395 g/mol. The van der Waals surface area contributed by atoms with Crippen molar-refractivity contribution in [2.24, 2.45) is 17.1 Å². The molecule has 2 atom stereocenters. The van der Waals surface area contributed by atoms with Crippen LogP contribution in [0.25, 0.3) is 0 Å². The summed E-state index contributed by atoms with van der Waals surface area (Å²) in [7, 11) is 0. The van der Waals surface area contributed by atoms with Gasteiger partial charge in [-0.05, 0) is 38.1 Å². The Morgan fingerprint density at radius 3 is 2.39 bits per heavy atom. The second kappa shape index (κ2) is 9.04. The molecule has 28 heavy (non-hydrogen) atoms. The van der Waals surface area contributed by atoms with Crippen LogP contribution in [0.1, 0.15) is 29.5 Å². The first-order valence-electron chi connectivity index (χ1n) is 9.26. The van der Waals surface area contributed by atoms with E-state index in [9.17, 15) is 15.8 Å². The Bertz CT molecular complexity index is 894. The van der Waals surface area contributed by atoms with Gasteiger partial charge in [-0.15, -0.1) is 11.3 Å². The van der Waals surface area contributed by atoms with Crippen LogP contribution >= 0.6 is 11.3 Å². The van der Waals surface area contributed by atoms with Crippen molar-refractivity contribution < 1.29 is 5.11 Å². The summed E-state index contributed by atoms with van der Waals surface area (Å²) in [6, 6.07) is 10.5. The minimum atomic E-state index is -1.51. The lowest BCUT2D eigenvalue weighted by Gasteiger charge is -2.45. The van der Waals surface area contributed by atoms with E-state index in [1.54, 1.807) is 18.3 Å². The topological polar surface area (TPSA) is 121 Å². The summed E-state index contributed by atoms with van der Waals surface area (Å²) in [6.45, 7) is 8.37. The standard InChI is InChI=1S/C19H19N5S.C2H6O/c1-3-24-7-6-13-14(8-20)18(23)19(10-21,11-22)17(15(13)9-24)16-5-4-12(2)25-16;1-2-3/h4-6,15,17H,3,7,9,23H2,1-2H3;3H,2H2,1H3. The molecule has 146 valence electrons. The first kappa shape index (κ1) is 21.7. The minimum absolute atomic E-state index is 0.0898. The molecule has 0 spiro atoms. The van der Waals surface area contributed by atoms with Gasteiger partial charge in [-0.25, -0.2) is 0 Å². The van der Waals surface area contributed by atoms with E-state index in [2.05, 4.69) is 30.0 Å². The van der Waals surface area contributed by atoms with Gasteiger partial charge in [0, 0.05) is 41.3 Å². The lowest BCUT2D eigenvalue weighted by atomic mass is 9.59. The molecule has 0 fully saturated rings. The van der Waals surface area contributed by atoms with E-state index in [0.717, 1.165) is 28.4 Å². The second-order valence-electron chi connectivity index (χ2n) is 6.79. The fourth-order valence-corrected chi connectivity index (χ4v) is 5.04. The van der Waals surface area contributed by atoms with Gasteiger partial charge in [0.1, 0.15) is 6.07 Å². The van der Waals surface area contributed by atoms with E-state index in [-0.39, 0.29) is 24.1 Å². The van der Waals surface area contributed by atoms with Crippen LogP contribution in [0.5, 0.6) is 0 Å². The Morgan fingerprint density at radius 1 is 1.29 bits per heavy atom. The van der Waals surface area contributed by atoms with Crippen molar-refractivity contribution in [1.82, 2.24) is 4.90 Å². The number of nitrogens with zero attached hydrogens (tertiary/aromatic N) is 4. The van der Waals surface area contributed by atoms with E-state index < -0.39 is 5.41 Å². The third kappa shape index (κ3) is 3.55. The van der Waals surface area contributed by atoms with Crippen molar-refractivity contribution in [3.05, 3.63) is 44.8 Å². The second-order valence-corrected chi connectivity index (χ2v) is 8.11. The summed E-state index contributed by atoms with van der Waals surface area (Å²) in [5.74, 6) is -0.452. The molecule has 1 aromatic rings. The predicted molar refractivity (Wildman–Crippen MR) is 109 cm³/mol. The van der Waals surface area contributed by atoms with Crippen LogP contribution in [0.3, 0.4) is 0 Å². The number of fused-ring (bicyclic) bond motifs is 1. The number of thiophene rings is 1. The number of aliphatic hydroxyl groups is 1. The fraction of sp³-hybridized carbons (Fsp3) is 0.476. The predicted octanol–water partition coefficient (Wildman–Crippen LogP) is 2.80. The number of likely N-dealkylation sites (N-methyl/N-ethyl adjacent to an activating group) is 1. The molecule has 2 unspecified atom stereocenters. The van der Waals surface area contributed by atoms with Gasteiger partial charge >= 0.3 is 0 Å². The number of nitrogens with two attached hydrogens (primary N) is 1. The molecule has 3 rings (SSSR count). The first-order chi connectivity index (χ1) is 13.4. The molecular formula is C21H25N5OS. The van der Waals surface area contributed by atoms with Crippen molar-refractivity contribution in [1.29, 1.82) is 15.8 Å². The van der Waals surface area contributed by atoms with Gasteiger partial charge in [0.25, 0.3) is 0 Å². The zero-order chi connectivity index (χ0) is 20.9. The number of aliphatic hydroxyl groups excluding tert-OH is 1. The molecule has 6 nitrogen and oxygen atoms in total. The van der Waals surface area contributed by atoms with E-state index >= 15 is 0 Å². The number of allylic oxidation sites excluding steroid dienone is 2. The Labute approximate surface area is 170 Å². The molecule has 2 aliphatic rings. The van der Waals surface area contributed by atoms with Crippen molar-refractivity contribution in [2.45, 2.75) is 26.7 Å². The van der Waals surface area contributed by atoms with Gasteiger partial charge in [0.05, 0.1) is 23.4 Å². The van der Waals surface area contributed by atoms with E-state index in [4.69, 9.17) is 10.8 Å². The van der Waals surface area contributed by atoms with Crippen LogP contribution in [0.4, 0.5) is 0 Å². The number of aryl methyl sites for hydroxylation is 1. The smallest absolute Gasteiger partial charge is 0.192 e. The van der Waals surface area contributed by atoms with Crippen molar-refractivity contribution in [2.75, 3.05) is 26.2 Å². The molecular weight excluding hydrogens is 370 g/mol. The van der Waals surface area contributed by atoms with Crippen LogP contribution < -0.4 is 5.73 Å². The lowest BCUT2D eigenvalue weighted by Crippen LogP contribution is -2.47. The molecule has 0 saturated heterocycles. The van der Waals surface area contributed by atoms with Crippen LogP contribution in [0, 0.1) is 52.2 Å². The largest absolute Gasteiger partial charge is 0.399 e. The maximum Gasteiger partial charge on any atom is 0.192 e. The molecule has 7 heteroatoms. The summed E-state index contributed by atoms with van der Waals surface area (Å²) in [5.41, 5.74) is 6.05. The zero-order valence-electron chi connectivity index (χ0n) is 16.4. The van der Waals surface area contributed by atoms with Gasteiger partial charge in [-0.1, -0.05) is 13.0 Å². The summed E-state index contributed by atoms with van der Waals surface area (Å²) >= 11 is 1.59. The molecule has 1 aliphatic carbocycles. The van der Waals surface area contributed by atoms with Crippen LogP contribution in [-0.4, -0.2) is 36.2 Å². The Morgan fingerprint density at radius 2 is 1.93 bits per heavy atom. The third-order valence-electron chi connectivity index (χ3n) is 5.25. The molecule has 0 saturated carbocycles. The molecule has 0 radical (unpaired) electrons. The van der Waals surface area contributed by atoms with Gasteiger partial charge in [-0.2, -0.15) is 15.8 Å². The molecule has 0 aromatic carbocycles. The van der Waals surface area contributed by atoms with Crippen molar-refractivity contribution >= 4 is 11.3 Å². The van der Waals surface area contributed by atoms with E-state index in [0.29, 0.717) is 12.1 Å². The molecule has 0 amide bonds. The first-order valence-corrected chi connectivity index (χ1v) is 10.1. The van der Waals surface area contributed by atoms with Crippen LogP contribution in [-0.2, 0) is 0 Å². The highest BCUT2D eigenvalue weighted by atomic mass is 32.1. The number of hydrogen-bond donors (Lipinski definition) is 2. The highest BCUT2D eigenvalue weighted by molar-refractivity contribution is 7.12. The van der Waals surface area contributed by atoms with Crippen LogP contribution in [0.15, 0.2) is 35.1 Å². The number of rotatable bonds is 2. The van der Waals surface area contributed by atoms with E-state index in [1.807, 2.05) is 25.1 Å². The van der Waals surface area contributed by atoms with Gasteiger partial charge < -0.3 is 10.8 Å². The van der Waals surface area contributed by atoms with Gasteiger partial charge in [-0.3, -0.25) is 4.90 Å². The summed E-state index contributed by atoms with van der Waals surface area (Å²) < 4.78 is 0. The normalized spacial score (nSPS) is 23.2. The van der Waals surface area contributed by atoms with Gasteiger partial charge in [0.2, 0.25) is 0 Å². The molecule has 2 heterocycles. The Hall–Kier alpha value is -2.63. The molecule has 3 N–H and O–H groups in total. The molecule has 1 aromatic heterocycles. The molecule has 1 aliphatic heterocycles. The minimum Gasteiger partial charge on any atom is -0.399 e. The van der Waals surface area contributed by atoms with Crippen molar-refractivity contribution in [3.8, 4) is 18.2 Å². The average Bonchev–Trinajstić information content (AvgIpc) is 3.13. The highest BCUT2D eigenvalue weighted by Crippen LogP contribution is 2.55. The maximum absolute atomic E-state index is 9.95. The fourth-order valence-electron chi connectivity index (χ4n) is 3.92. The Kier molecular flexibility index (Phi) is 7.00. The summed E-state index contributed by atoms with van der Waals surface area (Å²) in [5, 5.41) is 37.1. The number of nitriles is 3. The zero-order valence-corrected chi connectivity index (χ0v) is 17.3. The van der Waals surface area contributed by atoms with Crippen molar-refractivity contribution in [3.63, 3.8) is 0 Å². The number of hydrogen-bond acceptors (Lipinski definition) is 7. The van der Waals surface area contributed by atoms with Crippen LogP contribution in [0.2, 0.25) is 0 Å². The lowest BCUT2D eigenvalue weighted by molar-refractivity contribution is 0.216. The average molecular weight is 396 g/mol. The van der Waals surface area contributed by atoms with Gasteiger partial charge in [0.15, 0.2) is 5.41 Å². The van der Waals surface area contributed by atoms with E-state index in [1.165, 1.54) is 0 Å². The quantitative estimate of drug-likeness (QED) is 0.794. The molecule has 0 bridgehead atoms. The summed E-state index contributed by atoms with van der Waals surface area (Å²) in [6.07, 6.45) is 2.04. The highest BCUT2D eigenvalue weighted by Gasteiger charge is 2.54. The third-order valence-corrected chi connectivity index (χ3v) is 6.34. The Balaban J connectivity index is 0.000000878. The summed E-state index contributed by atoms with van der Waals surface area (Å²) in [4.78, 5) is 4.37.